The molecule has 1 fully saturated rings. The molecule has 2 aromatic carbocycles. The maximum Gasteiger partial charge on any atom is 0.170 e. The molecule has 0 bridgehead atoms. The number of carbonyl (C=O) groups is 1. The largest absolute Gasteiger partial charge is 0.493 e. The third-order valence-electron chi connectivity index (χ3n) is 6.39. The minimum absolute atomic E-state index is 0.0193. The van der Waals surface area contributed by atoms with Gasteiger partial charge in [-0.3, -0.25) is 9.69 Å². The van der Waals surface area contributed by atoms with Crippen LogP contribution < -0.4 is 9.47 Å². The van der Waals surface area contributed by atoms with Gasteiger partial charge in [-0.2, -0.15) is 0 Å². The molecule has 1 saturated heterocycles. The van der Waals surface area contributed by atoms with Crippen LogP contribution in [-0.2, 0) is 0 Å². The minimum atomic E-state index is -0.314. The van der Waals surface area contributed by atoms with Crippen LogP contribution in [0.2, 0.25) is 0 Å². The fraction of sp³-hybridized carbons (Fsp3) is 0.429. The van der Waals surface area contributed by atoms with Gasteiger partial charge in [-0.15, -0.1) is 0 Å². The molecule has 1 aromatic heterocycles. The molecule has 7 heteroatoms. The first kappa shape index (κ1) is 24.7. The van der Waals surface area contributed by atoms with Crippen molar-refractivity contribution in [2.45, 2.75) is 51.6 Å². The minimum Gasteiger partial charge on any atom is -0.493 e. The number of Topliss-reactive ketones (excluding diaryl/α,β-unsaturated/α-hetero) is 1. The number of fused-ring (bicyclic) bond motifs is 1. The molecule has 0 N–H and O–H groups in total. The standard InChI is InChI=1S/C28H31FN2O4/c1-4-6-23(34-25-11-8-21(19(2)32)17-27(25)33-3)7-5-14-31-15-12-20(13-16-31)28-24-10-9-22(29)18-26(24)35-30-28/h8-11,17-18,20,23H,4,6,12-16H2,1-3H3. The highest BCUT2D eigenvalue weighted by molar-refractivity contribution is 5.94. The number of hydrogen-bond donors (Lipinski definition) is 0. The Morgan fingerprint density at radius 1 is 1.23 bits per heavy atom. The van der Waals surface area contributed by atoms with E-state index < -0.39 is 0 Å². The Balaban J connectivity index is 1.34. The van der Waals surface area contributed by atoms with Crippen LogP contribution in [-0.4, -0.2) is 48.7 Å². The van der Waals surface area contributed by atoms with Gasteiger partial charge in [0.15, 0.2) is 29.0 Å². The highest BCUT2D eigenvalue weighted by Crippen LogP contribution is 2.33. The van der Waals surface area contributed by atoms with E-state index in [9.17, 15) is 9.18 Å². The molecule has 1 aliphatic rings. The summed E-state index contributed by atoms with van der Waals surface area (Å²) >= 11 is 0. The van der Waals surface area contributed by atoms with Crippen molar-refractivity contribution in [1.82, 2.24) is 10.1 Å². The van der Waals surface area contributed by atoms with Gasteiger partial charge < -0.3 is 14.0 Å². The predicted molar refractivity (Wildman–Crippen MR) is 132 cm³/mol. The Bertz CT molecular complexity index is 1230. The van der Waals surface area contributed by atoms with E-state index in [0.717, 1.165) is 49.9 Å². The van der Waals surface area contributed by atoms with Crippen molar-refractivity contribution in [3.63, 3.8) is 0 Å². The summed E-state index contributed by atoms with van der Waals surface area (Å²) in [5.74, 6) is 7.65. The lowest BCUT2D eigenvalue weighted by Crippen LogP contribution is -2.33. The molecule has 1 unspecified atom stereocenters. The van der Waals surface area contributed by atoms with Crippen molar-refractivity contribution in [3.05, 3.63) is 53.5 Å². The molecule has 4 rings (SSSR count). The lowest BCUT2D eigenvalue weighted by molar-refractivity contribution is 0.101. The Labute approximate surface area is 205 Å². The SMILES string of the molecule is CCCC(C#CCN1CCC(c2noc3cc(F)ccc23)CC1)Oc1ccc(C(C)=O)cc1OC. The van der Waals surface area contributed by atoms with E-state index in [0.29, 0.717) is 35.1 Å². The van der Waals surface area contributed by atoms with Crippen LogP contribution in [0.5, 0.6) is 11.5 Å². The normalized spacial score (nSPS) is 15.4. The number of benzene rings is 2. The van der Waals surface area contributed by atoms with Crippen LogP contribution in [0.25, 0.3) is 11.0 Å². The topological polar surface area (TPSA) is 64.8 Å². The van der Waals surface area contributed by atoms with Gasteiger partial charge in [-0.25, -0.2) is 4.39 Å². The van der Waals surface area contributed by atoms with Crippen molar-refractivity contribution < 1.29 is 23.2 Å². The van der Waals surface area contributed by atoms with Crippen molar-refractivity contribution in [2.75, 3.05) is 26.7 Å². The molecule has 3 aromatic rings. The average molecular weight is 479 g/mol. The molecule has 0 radical (unpaired) electrons. The van der Waals surface area contributed by atoms with E-state index in [4.69, 9.17) is 14.0 Å². The second-order valence-electron chi connectivity index (χ2n) is 8.90. The van der Waals surface area contributed by atoms with E-state index in [2.05, 4.69) is 28.8 Å². The third-order valence-corrected chi connectivity index (χ3v) is 6.39. The molecule has 6 nitrogen and oxygen atoms in total. The number of rotatable bonds is 8. The number of ether oxygens (including phenoxy) is 2. The molecular weight excluding hydrogens is 447 g/mol. The summed E-state index contributed by atoms with van der Waals surface area (Å²) in [6.07, 6.45) is 3.39. The number of aromatic nitrogens is 1. The van der Waals surface area contributed by atoms with E-state index in [-0.39, 0.29) is 17.7 Å². The number of piperidine rings is 1. The summed E-state index contributed by atoms with van der Waals surface area (Å²) in [7, 11) is 1.57. The Morgan fingerprint density at radius 3 is 2.74 bits per heavy atom. The fourth-order valence-electron chi connectivity index (χ4n) is 4.42. The first-order valence-electron chi connectivity index (χ1n) is 12.1. The van der Waals surface area contributed by atoms with E-state index in [1.807, 2.05) is 0 Å². The number of carbonyl (C=O) groups excluding carboxylic acids is 1. The summed E-state index contributed by atoms with van der Waals surface area (Å²) in [5, 5.41) is 5.13. The van der Waals surface area contributed by atoms with Crippen LogP contribution in [0.4, 0.5) is 4.39 Å². The quantitative estimate of drug-likeness (QED) is 0.310. The maximum atomic E-state index is 13.4. The summed E-state index contributed by atoms with van der Waals surface area (Å²) in [5.41, 5.74) is 2.01. The molecule has 35 heavy (non-hydrogen) atoms. The van der Waals surface area contributed by atoms with Gasteiger partial charge >= 0.3 is 0 Å². The van der Waals surface area contributed by atoms with Crippen LogP contribution in [0.3, 0.4) is 0 Å². The van der Waals surface area contributed by atoms with Crippen molar-refractivity contribution in [2.24, 2.45) is 0 Å². The summed E-state index contributed by atoms with van der Waals surface area (Å²) < 4.78 is 30.3. The number of halogens is 1. The highest BCUT2D eigenvalue weighted by Gasteiger charge is 2.25. The van der Waals surface area contributed by atoms with Gasteiger partial charge in [0, 0.05) is 22.9 Å². The summed E-state index contributed by atoms with van der Waals surface area (Å²) in [6, 6.07) is 9.81. The lowest BCUT2D eigenvalue weighted by Gasteiger charge is -2.29. The predicted octanol–water partition coefficient (Wildman–Crippen LogP) is 5.61. The molecular formula is C28H31FN2O4. The number of nitrogens with zero attached hydrogens (tertiary/aromatic N) is 2. The maximum absolute atomic E-state index is 13.4. The summed E-state index contributed by atoms with van der Waals surface area (Å²) in [4.78, 5) is 14.0. The van der Waals surface area contributed by atoms with Crippen molar-refractivity contribution in [3.8, 4) is 23.3 Å². The Hall–Kier alpha value is -3.37. The zero-order valence-corrected chi connectivity index (χ0v) is 20.5. The smallest absolute Gasteiger partial charge is 0.170 e. The molecule has 1 atom stereocenters. The van der Waals surface area contributed by atoms with Gasteiger partial charge in [0.2, 0.25) is 0 Å². The Kier molecular flexibility index (Phi) is 8.04. The zero-order valence-electron chi connectivity index (χ0n) is 20.5. The van der Waals surface area contributed by atoms with Crippen molar-refractivity contribution >= 4 is 16.8 Å². The van der Waals surface area contributed by atoms with Crippen molar-refractivity contribution in [1.29, 1.82) is 0 Å². The van der Waals surface area contributed by atoms with Crippen LogP contribution >= 0.6 is 0 Å². The molecule has 2 heterocycles. The van der Waals surface area contributed by atoms with E-state index in [1.165, 1.54) is 19.1 Å². The van der Waals surface area contributed by atoms with Crippen LogP contribution in [0.1, 0.15) is 61.5 Å². The second kappa shape index (κ2) is 11.4. The summed E-state index contributed by atoms with van der Waals surface area (Å²) in [6.45, 7) is 6.11. The molecule has 0 spiro atoms. The van der Waals surface area contributed by atoms with E-state index in [1.54, 1.807) is 31.4 Å². The van der Waals surface area contributed by atoms with Gasteiger partial charge in [0.25, 0.3) is 0 Å². The molecule has 1 aliphatic heterocycles. The fourth-order valence-corrected chi connectivity index (χ4v) is 4.42. The van der Waals surface area contributed by atoms with Gasteiger partial charge in [0.05, 0.1) is 19.3 Å². The highest BCUT2D eigenvalue weighted by atomic mass is 19.1. The molecule has 0 amide bonds. The zero-order chi connectivity index (χ0) is 24.8. The van der Waals surface area contributed by atoms with Crippen LogP contribution in [0.15, 0.2) is 40.9 Å². The lowest BCUT2D eigenvalue weighted by atomic mass is 9.91. The first-order chi connectivity index (χ1) is 17.0. The molecule has 184 valence electrons. The monoisotopic (exact) mass is 478 g/mol. The third kappa shape index (κ3) is 6.01. The number of hydrogen-bond acceptors (Lipinski definition) is 6. The number of ketones is 1. The number of methoxy groups -OCH3 is 1. The average Bonchev–Trinajstić information content (AvgIpc) is 3.27. The number of likely N-dealkylation sites (tertiary alicyclic amines) is 1. The van der Waals surface area contributed by atoms with Crippen LogP contribution in [0, 0.1) is 17.7 Å². The van der Waals surface area contributed by atoms with Gasteiger partial charge in [0.1, 0.15) is 5.82 Å². The van der Waals surface area contributed by atoms with Gasteiger partial charge in [-0.05, 0) is 69.6 Å². The Morgan fingerprint density at radius 2 is 2.03 bits per heavy atom. The first-order valence-corrected chi connectivity index (χ1v) is 12.1. The van der Waals surface area contributed by atoms with E-state index >= 15 is 0 Å². The second-order valence-corrected chi connectivity index (χ2v) is 8.90. The van der Waals surface area contributed by atoms with Gasteiger partial charge in [-0.1, -0.05) is 30.3 Å². The molecule has 0 aliphatic carbocycles. The molecule has 0 saturated carbocycles.